The highest BCUT2D eigenvalue weighted by atomic mass is 19.1. The zero-order chi connectivity index (χ0) is 24.0. The fraction of sp³-hybridized carbons (Fsp3) is 0.440. The lowest BCUT2D eigenvalue weighted by Crippen LogP contribution is -2.42. The predicted octanol–water partition coefficient (Wildman–Crippen LogP) is 3.62. The second-order valence-corrected chi connectivity index (χ2v) is 8.79. The van der Waals surface area contributed by atoms with Gasteiger partial charge in [0.25, 0.3) is 5.91 Å². The molecule has 2 aromatic heterocycles. The lowest BCUT2D eigenvalue weighted by molar-refractivity contribution is 0.0930. The highest BCUT2D eigenvalue weighted by molar-refractivity contribution is 5.95. The summed E-state index contributed by atoms with van der Waals surface area (Å²) in [5.41, 5.74) is 1.37. The van der Waals surface area contributed by atoms with E-state index in [-0.39, 0.29) is 12.0 Å². The van der Waals surface area contributed by atoms with E-state index in [4.69, 9.17) is 4.74 Å². The molecule has 1 fully saturated rings. The summed E-state index contributed by atoms with van der Waals surface area (Å²) in [5.74, 6) is 0.364. The Labute approximate surface area is 198 Å². The van der Waals surface area contributed by atoms with Gasteiger partial charge in [0.05, 0.1) is 11.9 Å². The first-order valence-corrected chi connectivity index (χ1v) is 11.7. The zero-order valence-electron chi connectivity index (χ0n) is 19.6. The molecule has 0 spiro atoms. The van der Waals surface area contributed by atoms with Crippen molar-refractivity contribution < 1.29 is 13.9 Å². The highest BCUT2D eigenvalue weighted by Gasteiger charge is 2.30. The monoisotopic (exact) mass is 466 g/mol. The summed E-state index contributed by atoms with van der Waals surface area (Å²) in [6.45, 7) is 3.60. The predicted molar refractivity (Wildman–Crippen MR) is 127 cm³/mol. The smallest absolute Gasteiger partial charge is 0.251 e. The first-order chi connectivity index (χ1) is 16.4. The third kappa shape index (κ3) is 5.96. The van der Waals surface area contributed by atoms with Crippen molar-refractivity contribution in [3.8, 4) is 17.0 Å². The molecule has 0 unspecified atom stereocenters. The zero-order valence-corrected chi connectivity index (χ0v) is 19.6. The molecule has 0 bridgehead atoms. The van der Waals surface area contributed by atoms with Crippen LogP contribution in [0.2, 0.25) is 0 Å². The van der Waals surface area contributed by atoms with Crippen molar-refractivity contribution in [3.05, 3.63) is 60.0 Å². The number of pyridine rings is 1. The van der Waals surface area contributed by atoms with E-state index in [9.17, 15) is 9.18 Å². The second kappa shape index (κ2) is 10.7. The number of nitrogens with zero attached hydrogens (tertiary/aromatic N) is 4. The SMILES string of the molecule is C[C@H](Oc1ccc(C(=O)NCCC[C@@]2(F)CCCNC2)cc1-c1cn(C)nn1)c1ccccn1. The lowest BCUT2D eigenvalue weighted by atomic mass is 9.91. The Morgan fingerprint density at radius 1 is 1.35 bits per heavy atom. The number of rotatable bonds is 9. The number of ether oxygens (including phenoxy) is 1. The van der Waals surface area contributed by atoms with Crippen LogP contribution in [0.25, 0.3) is 11.3 Å². The average molecular weight is 467 g/mol. The summed E-state index contributed by atoms with van der Waals surface area (Å²) in [5, 5.41) is 14.2. The standard InChI is InChI=1S/C25H31FN6O2/c1-18(21-7-3-4-13-28-21)34-23-9-8-19(15-20(23)22-16-32(2)31-30-22)24(33)29-14-6-11-25(26)10-5-12-27-17-25/h3-4,7-9,13,15-16,18,27H,5-6,10-12,14,17H2,1-2H3,(H,29,33)/t18-,25-/m0/s1. The van der Waals surface area contributed by atoms with Crippen LogP contribution in [0.4, 0.5) is 4.39 Å². The molecule has 0 saturated carbocycles. The van der Waals surface area contributed by atoms with Crippen molar-refractivity contribution >= 4 is 5.91 Å². The summed E-state index contributed by atoms with van der Waals surface area (Å²) >= 11 is 0. The van der Waals surface area contributed by atoms with Crippen LogP contribution in [0.1, 0.15) is 54.8 Å². The minimum atomic E-state index is -1.18. The molecular formula is C25H31FN6O2. The van der Waals surface area contributed by atoms with Crippen LogP contribution in [0.5, 0.6) is 5.75 Å². The quantitative estimate of drug-likeness (QED) is 0.468. The van der Waals surface area contributed by atoms with E-state index in [2.05, 4.69) is 25.9 Å². The number of hydrogen-bond donors (Lipinski definition) is 2. The number of aryl methyl sites for hydroxylation is 1. The number of halogens is 1. The van der Waals surface area contributed by atoms with Gasteiger partial charge < -0.3 is 15.4 Å². The highest BCUT2D eigenvalue weighted by Crippen LogP contribution is 2.33. The Balaban J connectivity index is 1.45. The maximum Gasteiger partial charge on any atom is 0.251 e. The molecule has 1 aromatic carbocycles. The minimum Gasteiger partial charge on any atom is -0.484 e. The number of piperidine rings is 1. The van der Waals surface area contributed by atoms with Crippen LogP contribution in [0, 0.1) is 0 Å². The summed E-state index contributed by atoms with van der Waals surface area (Å²) in [6.07, 6.45) is 5.65. The molecule has 0 radical (unpaired) electrons. The maximum atomic E-state index is 14.7. The molecule has 1 aliphatic rings. The van der Waals surface area contributed by atoms with E-state index in [0.717, 1.165) is 18.7 Å². The summed E-state index contributed by atoms with van der Waals surface area (Å²) in [4.78, 5) is 17.2. The van der Waals surface area contributed by atoms with Crippen LogP contribution in [0.3, 0.4) is 0 Å². The van der Waals surface area contributed by atoms with Crippen LogP contribution >= 0.6 is 0 Å². The van der Waals surface area contributed by atoms with E-state index in [0.29, 0.717) is 54.9 Å². The van der Waals surface area contributed by atoms with Gasteiger partial charge in [0.1, 0.15) is 23.2 Å². The largest absolute Gasteiger partial charge is 0.484 e. The van der Waals surface area contributed by atoms with E-state index < -0.39 is 5.67 Å². The Hall–Kier alpha value is -3.33. The van der Waals surface area contributed by atoms with Crippen molar-refractivity contribution in [2.45, 2.75) is 44.4 Å². The second-order valence-electron chi connectivity index (χ2n) is 8.79. The Morgan fingerprint density at radius 2 is 2.24 bits per heavy atom. The van der Waals surface area contributed by atoms with Gasteiger partial charge in [-0.05, 0) is 69.5 Å². The fourth-order valence-electron chi connectivity index (χ4n) is 4.17. The summed E-state index contributed by atoms with van der Waals surface area (Å²) < 4.78 is 22.5. The van der Waals surface area contributed by atoms with Gasteiger partial charge >= 0.3 is 0 Å². The fourth-order valence-corrected chi connectivity index (χ4v) is 4.17. The minimum absolute atomic E-state index is 0.218. The van der Waals surface area contributed by atoms with E-state index in [1.165, 1.54) is 0 Å². The number of amides is 1. The molecule has 180 valence electrons. The van der Waals surface area contributed by atoms with E-state index in [1.807, 2.05) is 25.1 Å². The first-order valence-electron chi connectivity index (χ1n) is 11.7. The third-order valence-electron chi connectivity index (χ3n) is 6.04. The molecule has 0 aliphatic carbocycles. The normalized spacial score (nSPS) is 18.9. The van der Waals surface area contributed by atoms with Crippen molar-refractivity contribution in [3.63, 3.8) is 0 Å². The van der Waals surface area contributed by atoms with Gasteiger partial charge in [-0.25, -0.2) is 4.39 Å². The van der Waals surface area contributed by atoms with E-state index >= 15 is 0 Å². The number of carbonyl (C=O) groups is 1. The van der Waals surface area contributed by atoms with Crippen LogP contribution in [-0.2, 0) is 7.05 Å². The average Bonchev–Trinajstić information content (AvgIpc) is 3.29. The number of carbonyl (C=O) groups excluding carboxylic acids is 1. The van der Waals surface area contributed by atoms with Crippen molar-refractivity contribution in [1.82, 2.24) is 30.6 Å². The molecule has 2 N–H and O–H groups in total. The van der Waals surface area contributed by atoms with Crippen LogP contribution in [0.15, 0.2) is 48.8 Å². The molecular weight excluding hydrogens is 435 g/mol. The van der Waals surface area contributed by atoms with Crippen molar-refractivity contribution in [2.24, 2.45) is 7.05 Å². The molecule has 34 heavy (non-hydrogen) atoms. The van der Waals surface area contributed by atoms with Crippen molar-refractivity contribution in [1.29, 1.82) is 0 Å². The number of nitrogens with one attached hydrogen (secondary N) is 2. The van der Waals surface area contributed by atoms with Gasteiger partial charge in [-0.15, -0.1) is 5.10 Å². The topological polar surface area (TPSA) is 94.0 Å². The molecule has 1 amide bonds. The summed E-state index contributed by atoms with van der Waals surface area (Å²) in [6, 6.07) is 10.9. The van der Waals surface area contributed by atoms with Gasteiger partial charge in [0.2, 0.25) is 0 Å². The number of hydrogen-bond acceptors (Lipinski definition) is 6. The van der Waals surface area contributed by atoms with Gasteiger partial charge in [0.15, 0.2) is 0 Å². The molecule has 3 aromatic rings. The number of aromatic nitrogens is 4. The van der Waals surface area contributed by atoms with Crippen LogP contribution < -0.4 is 15.4 Å². The Morgan fingerprint density at radius 3 is 2.94 bits per heavy atom. The molecule has 2 atom stereocenters. The maximum absolute atomic E-state index is 14.7. The van der Waals surface area contributed by atoms with Crippen molar-refractivity contribution in [2.75, 3.05) is 19.6 Å². The molecule has 4 rings (SSSR count). The van der Waals surface area contributed by atoms with Gasteiger partial charge in [0, 0.05) is 37.5 Å². The summed E-state index contributed by atoms with van der Waals surface area (Å²) in [7, 11) is 1.78. The van der Waals surface area contributed by atoms with Gasteiger partial charge in [-0.1, -0.05) is 11.3 Å². The molecule has 1 saturated heterocycles. The number of alkyl halides is 1. The molecule has 3 heterocycles. The van der Waals surface area contributed by atoms with Crippen LogP contribution in [-0.4, -0.2) is 51.2 Å². The Bertz CT molecular complexity index is 1100. The first kappa shape index (κ1) is 23.8. The third-order valence-corrected chi connectivity index (χ3v) is 6.04. The Kier molecular flexibility index (Phi) is 7.52. The molecule has 9 heteroatoms. The molecule has 8 nitrogen and oxygen atoms in total. The van der Waals surface area contributed by atoms with Gasteiger partial charge in [-0.3, -0.25) is 14.5 Å². The van der Waals surface area contributed by atoms with Gasteiger partial charge in [-0.2, -0.15) is 0 Å². The van der Waals surface area contributed by atoms with E-state index in [1.54, 1.807) is 42.3 Å². The number of benzene rings is 1. The lowest BCUT2D eigenvalue weighted by Gasteiger charge is -2.30. The molecule has 1 aliphatic heterocycles.